The Balaban J connectivity index is 2.54. The van der Waals surface area contributed by atoms with Gasteiger partial charge in [0.05, 0.1) is 13.2 Å². The molecule has 0 spiro atoms. The fourth-order valence-electron chi connectivity index (χ4n) is 1.37. The van der Waals surface area contributed by atoms with Gasteiger partial charge in [-0.2, -0.15) is 11.8 Å². The number of carbonyl (C=O) groups is 2. The van der Waals surface area contributed by atoms with Crippen LogP contribution in [0.5, 0.6) is 0 Å². The van der Waals surface area contributed by atoms with Crippen molar-refractivity contribution in [3.05, 3.63) is 11.8 Å². The van der Waals surface area contributed by atoms with Gasteiger partial charge in [0.2, 0.25) is 0 Å². The Morgan fingerprint density at radius 3 is 2.76 bits per heavy atom. The Morgan fingerprint density at radius 2 is 2.12 bits per heavy atom. The second-order valence-corrected chi connectivity index (χ2v) is 4.42. The van der Waals surface area contributed by atoms with Crippen LogP contribution in [0.25, 0.3) is 0 Å². The normalized spacial score (nSPS) is 21.8. The number of thioether (sulfide) groups is 1. The zero-order chi connectivity index (χ0) is 12.7. The summed E-state index contributed by atoms with van der Waals surface area (Å²) >= 11 is 1.59. The van der Waals surface area contributed by atoms with Crippen molar-refractivity contribution in [2.24, 2.45) is 0 Å². The van der Waals surface area contributed by atoms with Crippen LogP contribution < -0.4 is 5.32 Å². The molecule has 1 N–H and O–H groups in total. The van der Waals surface area contributed by atoms with E-state index < -0.39 is 0 Å². The van der Waals surface area contributed by atoms with E-state index >= 15 is 0 Å². The number of carbonyl (C=O) groups excluding carboxylic acids is 2. The highest BCUT2D eigenvalue weighted by molar-refractivity contribution is 7.99. The maximum absolute atomic E-state index is 11.5. The summed E-state index contributed by atoms with van der Waals surface area (Å²) in [5, 5.41) is 2.99. The van der Waals surface area contributed by atoms with Gasteiger partial charge in [-0.1, -0.05) is 0 Å². The van der Waals surface area contributed by atoms with Crippen molar-refractivity contribution in [1.82, 2.24) is 5.32 Å². The lowest BCUT2D eigenvalue weighted by Gasteiger charge is -2.24. The quantitative estimate of drug-likeness (QED) is 0.592. The monoisotopic (exact) mass is 259 g/mol. The van der Waals surface area contributed by atoms with Gasteiger partial charge in [-0.3, -0.25) is 0 Å². The molecule has 17 heavy (non-hydrogen) atoms. The van der Waals surface area contributed by atoms with E-state index in [4.69, 9.17) is 9.47 Å². The highest BCUT2D eigenvalue weighted by Gasteiger charge is 2.24. The summed E-state index contributed by atoms with van der Waals surface area (Å²) in [5.74, 6) is 0.655. The minimum atomic E-state index is -0.389. The summed E-state index contributed by atoms with van der Waals surface area (Å²) in [5.41, 5.74) is 0.706. The van der Waals surface area contributed by atoms with E-state index in [-0.39, 0.29) is 18.0 Å². The van der Waals surface area contributed by atoms with Gasteiger partial charge in [0, 0.05) is 23.3 Å². The molecule has 0 amide bonds. The Morgan fingerprint density at radius 1 is 1.41 bits per heavy atom. The second-order valence-electron chi connectivity index (χ2n) is 3.39. The number of nitrogens with one attached hydrogen (secondary N) is 1. The van der Waals surface area contributed by atoms with E-state index in [1.54, 1.807) is 25.6 Å². The lowest BCUT2D eigenvalue weighted by Crippen LogP contribution is -2.43. The molecule has 0 radical (unpaired) electrons. The molecule has 1 rings (SSSR count). The fourth-order valence-corrected chi connectivity index (χ4v) is 2.33. The minimum absolute atomic E-state index is 0.283. The summed E-state index contributed by atoms with van der Waals surface area (Å²) in [7, 11) is 0. The first-order valence-corrected chi connectivity index (χ1v) is 6.71. The van der Waals surface area contributed by atoms with Gasteiger partial charge in [0.25, 0.3) is 0 Å². The summed E-state index contributed by atoms with van der Waals surface area (Å²) in [6, 6.07) is -0.380. The van der Waals surface area contributed by atoms with Gasteiger partial charge in [-0.05, 0) is 13.8 Å². The largest absolute Gasteiger partial charge is 0.464 e. The van der Waals surface area contributed by atoms with E-state index in [2.05, 4.69) is 5.32 Å². The molecule has 1 heterocycles. The van der Waals surface area contributed by atoms with Crippen LogP contribution in [0.4, 0.5) is 0 Å². The minimum Gasteiger partial charge on any atom is -0.464 e. The fraction of sp³-hybridized carbons (Fsp3) is 0.636. The van der Waals surface area contributed by atoms with Gasteiger partial charge < -0.3 is 14.8 Å². The Hall–Kier alpha value is -1.17. The molecule has 1 atom stereocenters. The first-order chi connectivity index (χ1) is 8.17. The maximum atomic E-state index is 11.5. The smallest absolute Gasteiger partial charge is 0.332 e. The zero-order valence-electron chi connectivity index (χ0n) is 10.0. The highest BCUT2D eigenvalue weighted by atomic mass is 32.2. The van der Waals surface area contributed by atoms with Crippen molar-refractivity contribution in [1.29, 1.82) is 0 Å². The van der Waals surface area contributed by atoms with Crippen molar-refractivity contribution < 1.29 is 19.1 Å². The van der Waals surface area contributed by atoms with Crippen LogP contribution >= 0.6 is 11.8 Å². The topological polar surface area (TPSA) is 64.6 Å². The van der Waals surface area contributed by atoms with Gasteiger partial charge in [0.1, 0.15) is 6.04 Å². The Kier molecular flexibility index (Phi) is 5.90. The molecule has 0 aliphatic carbocycles. The number of rotatable bonds is 4. The van der Waals surface area contributed by atoms with E-state index in [0.29, 0.717) is 30.4 Å². The molecule has 0 aromatic rings. The summed E-state index contributed by atoms with van der Waals surface area (Å²) in [6.07, 6.45) is 1.39. The van der Waals surface area contributed by atoms with Crippen molar-refractivity contribution in [3.63, 3.8) is 0 Å². The van der Waals surface area contributed by atoms with Gasteiger partial charge in [-0.15, -0.1) is 0 Å². The van der Waals surface area contributed by atoms with Gasteiger partial charge in [-0.25, -0.2) is 9.59 Å². The van der Waals surface area contributed by atoms with Crippen molar-refractivity contribution in [2.75, 3.05) is 24.7 Å². The molecular formula is C11H17NO4S. The average Bonchev–Trinajstić information content (AvgIpc) is 2.30. The lowest BCUT2D eigenvalue weighted by molar-refractivity contribution is -0.145. The third-order valence-corrected chi connectivity index (χ3v) is 3.14. The number of hydrogen-bond acceptors (Lipinski definition) is 6. The van der Waals surface area contributed by atoms with Crippen molar-refractivity contribution in [2.45, 2.75) is 19.9 Å². The highest BCUT2D eigenvalue weighted by Crippen LogP contribution is 2.16. The van der Waals surface area contributed by atoms with Crippen LogP contribution in [0.3, 0.4) is 0 Å². The van der Waals surface area contributed by atoms with Crippen LogP contribution in [-0.2, 0) is 19.1 Å². The molecule has 0 saturated carbocycles. The number of esters is 2. The predicted molar refractivity (Wildman–Crippen MR) is 65.6 cm³/mol. The molecule has 6 heteroatoms. The van der Waals surface area contributed by atoms with E-state index in [9.17, 15) is 9.59 Å². The van der Waals surface area contributed by atoms with E-state index in [1.807, 2.05) is 0 Å². The number of hydrogen-bond donors (Lipinski definition) is 1. The predicted octanol–water partition coefficient (Wildman–Crippen LogP) is 0.701. The first kappa shape index (κ1) is 13.9. The maximum Gasteiger partial charge on any atom is 0.332 e. The molecule has 1 unspecified atom stereocenters. The molecule has 1 aliphatic heterocycles. The van der Waals surface area contributed by atoms with Gasteiger partial charge in [0.15, 0.2) is 0 Å². The zero-order valence-corrected chi connectivity index (χ0v) is 10.8. The molecule has 96 valence electrons. The van der Waals surface area contributed by atoms with Crippen molar-refractivity contribution >= 4 is 23.7 Å². The van der Waals surface area contributed by atoms with Crippen LogP contribution in [0, 0.1) is 0 Å². The first-order valence-electron chi connectivity index (χ1n) is 5.55. The average molecular weight is 259 g/mol. The van der Waals surface area contributed by atoms with Crippen molar-refractivity contribution in [3.8, 4) is 0 Å². The second kappa shape index (κ2) is 7.21. The number of ether oxygens (including phenoxy) is 2. The third kappa shape index (κ3) is 4.68. The third-order valence-electron chi connectivity index (χ3n) is 2.05. The molecular weight excluding hydrogens is 242 g/mol. The summed E-state index contributed by atoms with van der Waals surface area (Å²) < 4.78 is 9.73. The lowest BCUT2D eigenvalue weighted by atomic mass is 10.3. The molecule has 0 bridgehead atoms. The Labute approximate surface area is 105 Å². The summed E-state index contributed by atoms with van der Waals surface area (Å²) in [6.45, 7) is 4.22. The molecule has 0 aromatic heterocycles. The molecule has 1 aliphatic rings. The van der Waals surface area contributed by atoms with E-state index in [0.717, 1.165) is 0 Å². The van der Waals surface area contributed by atoms with Gasteiger partial charge >= 0.3 is 11.9 Å². The van der Waals surface area contributed by atoms with Crippen LogP contribution in [0.2, 0.25) is 0 Å². The SMILES string of the molecule is CCOC(=O)/C=C1\CSCC(C(=O)OCC)N1. The molecule has 1 fully saturated rings. The van der Waals surface area contributed by atoms with Crippen LogP contribution in [0.1, 0.15) is 13.8 Å². The molecule has 1 saturated heterocycles. The molecule has 0 aromatic carbocycles. The molecule has 5 nitrogen and oxygen atoms in total. The summed E-state index contributed by atoms with van der Waals surface area (Å²) in [4.78, 5) is 22.8. The standard InChI is InChI=1S/C11H17NO4S/c1-3-15-10(13)5-8-6-17-7-9(12-8)11(14)16-4-2/h5,9,12H,3-4,6-7H2,1-2H3/b8-5+. The Bertz CT molecular complexity index is 317. The van der Waals surface area contributed by atoms with Crippen LogP contribution in [0.15, 0.2) is 11.8 Å². The van der Waals surface area contributed by atoms with E-state index in [1.165, 1.54) is 6.08 Å². The van der Waals surface area contributed by atoms with Crippen LogP contribution in [-0.4, -0.2) is 42.7 Å².